The Kier molecular flexibility index (Phi) is 4.60. The molecule has 0 aliphatic rings. The smallest absolute Gasteiger partial charge is 0.322 e. The third-order valence-corrected chi connectivity index (χ3v) is 3.46. The Morgan fingerprint density at radius 1 is 1.08 bits per heavy atom. The minimum Gasteiger partial charge on any atom is -0.493 e. The molecule has 0 saturated heterocycles. The van der Waals surface area contributed by atoms with E-state index in [0.717, 1.165) is 5.56 Å². The van der Waals surface area contributed by atoms with E-state index in [0.29, 0.717) is 22.9 Å². The maximum absolute atomic E-state index is 13.6. The first-order valence-corrected chi connectivity index (χ1v) is 7.24. The molecule has 0 radical (unpaired) electrons. The molecule has 0 atom stereocenters. The first-order chi connectivity index (χ1) is 11.7. The molecule has 1 N–H and O–H groups in total. The van der Waals surface area contributed by atoms with Gasteiger partial charge < -0.3 is 19.3 Å². The van der Waals surface area contributed by atoms with E-state index in [9.17, 15) is 4.39 Å². The number of ether oxygens (including phenoxy) is 2. The van der Waals surface area contributed by atoms with Crippen LogP contribution in [0.1, 0.15) is 5.56 Å². The Morgan fingerprint density at radius 2 is 1.88 bits per heavy atom. The largest absolute Gasteiger partial charge is 0.493 e. The summed E-state index contributed by atoms with van der Waals surface area (Å²) < 4.78 is 29.2. The van der Waals surface area contributed by atoms with Crippen LogP contribution in [-0.4, -0.2) is 24.4 Å². The quantitative estimate of drug-likeness (QED) is 0.746. The molecule has 1 heterocycles. The first-order valence-electron chi connectivity index (χ1n) is 7.24. The van der Waals surface area contributed by atoms with Crippen LogP contribution in [0.25, 0.3) is 11.4 Å². The average molecular weight is 329 g/mol. The van der Waals surface area contributed by atoms with Crippen molar-refractivity contribution in [3.05, 3.63) is 53.8 Å². The van der Waals surface area contributed by atoms with Crippen LogP contribution in [0.5, 0.6) is 11.5 Å². The van der Waals surface area contributed by atoms with Gasteiger partial charge in [-0.15, -0.1) is 0 Å². The van der Waals surface area contributed by atoms with E-state index < -0.39 is 0 Å². The third-order valence-electron chi connectivity index (χ3n) is 3.46. The molecule has 0 bridgehead atoms. The van der Waals surface area contributed by atoms with Crippen LogP contribution in [0, 0.1) is 5.82 Å². The Hall–Kier alpha value is -3.09. The highest BCUT2D eigenvalue weighted by atomic mass is 19.1. The second-order valence-electron chi connectivity index (χ2n) is 4.94. The zero-order chi connectivity index (χ0) is 16.9. The van der Waals surface area contributed by atoms with Gasteiger partial charge in [0, 0.05) is 17.7 Å². The van der Waals surface area contributed by atoms with E-state index in [-0.39, 0.29) is 18.4 Å². The zero-order valence-corrected chi connectivity index (χ0v) is 13.2. The lowest BCUT2D eigenvalue weighted by atomic mass is 10.2. The van der Waals surface area contributed by atoms with Crippen LogP contribution in [0.2, 0.25) is 0 Å². The summed E-state index contributed by atoms with van der Waals surface area (Å²) in [6.07, 6.45) is 0. The second kappa shape index (κ2) is 6.99. The summed E-state index contributed by atoms with van der Waals surface area (Å²) in [5.41, 5.74) is 1.23. The lowest BCUT2D eigenvalue weighted by Gasteiger charge is -2.07. The van der Waals surface area contributed by atoms with Gasteiger partial charge in [-0.1, -0.05) is 23.4 Å². The van der Waals surface area contributed by atoms with Crippen molar-refractivity contribution in [1.82, 2.24) is 10.1 Å². The number of nitrogens with one attached hydrogen (secondary N) is 1. The van der Waals surface area contributed by atoms with Gasteiger partial charge in [-0.25, -0.2) is 4.39 Å². The summed E-state index contributed by atoms with van der Waals surface area (Å²) in [6, 6.07) is 12.0. The number of aromatic nitrogens is 2. The summed E-state index contributed by atoms with van der Waals surface area (Å²) in [6.45, 7) is 0.250. The van der Waals surface area contributed by atoms with Crippen LogP contribution in [0.3, 0.4) is 0 Å². The van der Waals surface area contributed by atoms with Gasteiger partial charge in [-0.2, -0.15) is 4.98 Å². The van der Waals surface area contributed by atoms with E-state index in [1.807, 2.05) is 0 Å². The van der Waals surface area contributed by atoms with E-state index in [4.69, 9.17) is 14.0 Å². The van der Waals surface area contributed by atoms with Crippen LogP contribution in [0.15, 0.2) is 47.0 Å². The normalized spacial score (nSPS) is 10.5. The van der Waals surface area contributed by atoms with Gasteiger partial charge in [0.05, 0.1) is 14.2 Å². The lowest BCUT2D eigenvalue weighted by Crippen LogP contribution is -2.01. The van der Waals surface area contributed by atoms with Gasteiger partial charge in [-0.05, 0) is 24.3 Å². The fourth-order valence-electron chi connectivity index (χ4n) is 2.20. The molecule has 2 aromatic carbocycles. The van der Waals surface area contributed by atoms with Crippen molar-refractivity contribution in [2.75, 3.05) is 19.5 Å². The molecular formula is C17H16FN3O3. The summed E-state index contributed by atoms with van der Waals surface area (Å²) in [7, 11) is 3.12. The highest BCUT2D eigenvalue weighted by Gasteiger charge is 2.12. The van der Waals surface area contributed by atoms with Crippen molar-refractivity contribution in [3.63, 3.8) is 0 Å². The molecule has 0 spiro atoms. The van der Waals surface area contributed by atoms with Crippen molar-refractivity contribution < 1.29 is 18.4 Å². The van der Waals surface area contributed by atoms with Crippen molar-refractivity contribution in [1.29, 1.82) is 0 Å². The minimum atomic E-state index is -0.287. The van der Waals surface area contributed by atoms with Crippen LogP contribution >= 0.6 is 0 Å². The predicted octanol–water partition coefficient (Wildman–Crippen LogP) is 3.51. The van der Waals surface area contributed by atoms with E-state index in [1.165, 1.54) is 6.07 Å². The Labute approximate surface area is 138 Å². The van der Waals surface area contributed by atoms with Gasteiger partial charge >= 0.3 is 6.01 Å². The number of methoxy groups -OCH3 is 2. The molecule has 0 aliphatic carbocycles. The maximum atomic E-state index is 13.6. The Bertz CT molecular complexity index is 835. The number of benzene rings is 2. The van der Waals surface area contributed by atoms with Gasteiger partial charge in [0.15, 0.2) is 11.5 Å². The molecule has 6 nitrogen and oxygen atoms in total. The topological polar surface area (TPSA) is 69.4 Å². The number of rotatable bonds is 6. The highest BCUT2D eigenvalue weighted by Crippen LogP contribution is 2.31. The molecule has 0 amide bonds. The number of halogens is 1. The van der Waals surface area contributed by atoms with Crippen LogP contribution in [-0.2, 0) is 6.54 Å². The third kappa shape index (κ3) is 3.29. The van der Waals surface area contributed by atoms with E-state index in [1.54, 1.807) is 50.6 Å². The van der Waals surface area contributed by atoms with Crippen LogP contribution < -0.4 is 14.8 Å². The standard InChI is InChI=1S/C17H16FN3O3/c1-22-14-8-7-11(9-15(14)23-2)16-20-17(24-21-16)19-10-12-5-3-4-6-13(12)18/h3-9H,10H2,1-2H3,(H,19,20,21). The summed E-state index contributed by atoms with van der Waals surface area (Å²) >= 11 is 0. The van der Waals surface area contributed by atoms with Gasteiger partial charge in [-0.3, -0.25) is 0 Å². The van der Waals surface area contributed by atoms with Gasteiger partial charge in [0.1, 0.15) is 5.82 Å². The fraction of sp³-hybridized carbons (Fsp3) is 0.176. The van der Waals surface area contributed by atoms with Crippen molar-refractivity contribution in [2.24, 2.45) is 0 Å². The summed E-state index contributed by atoms with van der Waals surface area (Å²) in [5, 5.41) is 6.82. The minimum absolute atomic E-state index is 0.211. The van der Waals surface area contributed by atoms with Crippen molar-refractivity contribution in [2.45, 2.75) is 6.54 Å². The number of hydrogen-bond donors (Lipinski definition) is 1. The van der Waals surface area contributed by atoms with Crippen molar-refractivity contribution >= 4 is 6.01 Å². The monoisotopic (exact) mass is 329 g/mol. The van der Waals surface area contributed by atoms with E-state index in [2.05, 4.69) is 15.5 Å². The maximum Gasteiger partial charge on any atom is 0.322 e. The number of hydrogen-bond acceptors (Lipinski definition) is 6. The second-order valence-corrected chi connectivity index (χ2v) is 4.94. The molecule has 0 saturated carbocycles. The molecular weight excluding hydrogens is 313 g/mol. The summed E-state index contributed by atoms with van der Waals surface area (Å²) in [5.74, 6) is 1.29. The van der Waals surface area contributed by atoms with E-state index >= 15 is 0 Å². The highest BCUT2D eigenvalue weighted by molar-refractivity contribution is 5.61. The molecule has 0 aliphatic heterocycles. The van der Waals surface area contributed by atoms with Gasteiger partial charge in [0.25, 0.3) is 0 Å². The Morgan fingerprint density at radius 3 is 2.62 bits per heavy atom. The number of anilines is 1. The summed E-state index contributed by atoms with van der Waals surface area (Å²) in [4.78, 5) is 4.25. The molecule has 3 aromatic rings. The molecule has 24 heavy (non-hydrogen) atoms. The zero-order valence-electron chi connectivity index (χ0n) is 13.2. The molecule has 0 fully saturated rings. The van der Waals surface area contributed by atoms with Crippen LogP contribution in [0.4, 0.5) is 10.4 Å². The first kappa shape index (κ1) is 15.8. The molecule has 124 valence electrons. The molecule has 7 heteroatoms. The van der Waals surface area contributed by atoms with Crippen molar-refractivity contribution in [3.8, 4) is 22.9 Å². The average Bonchev–Trinajstić information content (AvgIpc) is 3.09. The van der Waals surface area contributed by atoms with Gasteiger partial charge in [0.2, 0.25) is 5.82 Å². The molecule has 3 rings (SSSR count). The lowest BCUT2D eigenvalue weighted by molar-refractivity contribution is 0.355. The molecule has 0 unspecified atom stereocenters. The Balaban J connectivity index is 1.75. The predicted molar refractivity (Wildman–Crippen MR) is 86.6 cm³/mol. The fourth-order valence-corrected chi connectivity index (χ4v) is 2.20. The SMILES string of the molecule is COc1ccc(-c2noc(NCc3ccccc3F)n2)cc1OC. The number of nitrogens with zero attached hydrogens (tertiary/aromatic N) is 2. The molecule has 1 aromatic heterocycles.